The highest BCUT2D eigenvalue weighted by molar-refractivity contribution is 5.85. The average Bonchev–Trinajstić information content (AvgIpc) is 2.97. The Balaban J connectivity index is 1.20. The van der Waals surface area contributed by atoms with Gasteiger partial charge < -0.3 is 19.6 Å². The van der Waals surface area contributed by atoms with Gasteiger partial charge in [0.2, 0.25) is 11.5 Å². The molecule has 0 aliphatic carbocycles. The average molecular weight is 515 g/mol. The van der Waals surface area contributed by atoms with Gasteiger partial charge in [-0.25, -0.2) is 4.79 Å². The van der Waals surface area contributed by atoms with Gasteiger partial charge in [0.25, 0.3) is 0 Å². The van der Waals surface area contributed by atoms with Gasteiger partial charge in [0.05, 0.1) is 26.1 Å². The zero-order valence-corrected chi connectivity index (χ0v) is 21.7. The van der Waals surface area contributed by atoms with Gasteiger partial charge in [-0.2, -0.15) is 0 Å². The van der Waals surface area contributed by atoms with Crippen LogP contribution in [0.5, 0.6) is 0 Å². The fraction of sp³-hybridized carbons (Fsp3) is 0.387. The van der Waals surface area contributed by atoms with E-state index in [0.717, 1.165) is 55.6 Å². The molecule has 0 unspecified atom stereocenters. The monoisotopic (exact) mass is 514 g/mol. The Labute approximate surface area is 224 Å². The number of esters is 1. The molecular formula is C31H36N3O4+. The van der Waals surface area contributed by atoms with Crippen LogP contribution in [0.1, 0.15) is 36.1 Å². The molecule has 2 N–H and O–H groups in total. The fourth-order valence-electron chi connectivity index (χ4n) is 6.02. The van der Waals surface area contributed by atoms with Crippen molar-refractivity contribution in [1.82, 2.24) is 10.3 Å². The lowest BCUT2D eigenvalue weighted by atomic mass is 9.82. The molecule has 4 heterocycles. The van der Waals surface area contributed by atoms with Crippen LogP contribution in [0.3, 0.4) is 0 Å². The standard InChI is InChI=1S/C31H35N3O4/c35-29(22-27-14-7-8-17-32-27)33-18-9-19-34-20-15-24(16-21-34)28(23-34)38-30(36)31(37,25-10-3-1-4-11-25)26-12-5-2-6-13-26/h1-8,10-14,17,24,28,37H,9,15-16,18-23H2/p+1/t24?,28-,34?/m0/s1. The first-order chi connectivity index (χ1) is 18.5. The van der Waals surface area contributed by atoms with Gasteiger partial charge in [0.15, 0.2) is 6.10 Å². The number of piperidine rings is 3. The van der Waals surface area contributed by atoms with Crippen molar-refractivity contribution in [3.63, 3.8) is 0 Å². The summed E-state index contributed by atoms with van der Waals surface area (Å²) in [5.74, 6) is -0.324. The molecule has 2 bridgehead atoms. The molecule has 1 aromatic heterocycles. The van der Waals surface area contributed by atoms with Crippen LogP contribution >= 0.6 is 0 Å². The van der Waals surface area contributed by atoms with E-state index in [2.05, 4.69) is 10.3 Å². The van der Waals surface area contributed by atoms with E-state index >= 15 is 0 Å². The SMILES string of the molecule is O=C(Cc1ccccn1)NCCC[N+]12CCC(CC1)[C@@H](OC(=O)C(O)(c1ccccc1)c1ccccc1)C2. The van der Waals surface area contributed by atoms with Gasteiger partial charge in [-0.05, 0) is 23.3 Å². The van der Waals surface area contributed by atoms with E-state index in [9.17, 15) is 14.7 Å². The Hall–Kier alpha value is -3.55. The number of aromatic nitrogens is 1. The Morgan fingerprint density at radius 1 is 0.947 bits per heavy atom. The van der Waals surface area contributed by atoms with Gasteiger partial charge in [-0.15, -0.1) is 0 Å². The van der Waals surface area contributed by atoms with Crippen LogP contribution in [0, 0.1) is 5.92 Å². The van der Waals surface area contributed by atoms with E-state index in [1.807, 2.05) is 54.6 Å². The summed E-state index contributed by atoms with van der Waals surface area (Å²) in [6.07, 6.45) is 4.60. The predicted molar refractivity (Wildman–Crippen MR) is 144 cm³/mol. The molecule has 1 atom stereocenters. The number of hydrogen-bond donors (Lipinski definition) is 2. The van der Waals surface area contributed by atoms with Gasteiger partial charge >= 0.3 is 5.97 Å². The highest BCUT2D eigenvalue weighted by atomic mass is 16.6. The van der Waals surface area contributed by atoms with Crippen molar-refractivity contribution in [2.75, 3.05) is 32.7 Å². The summed E-state index contributed by atoms with van der Waals surface area (Å²) in [7, 11) is 0. The van der Waals surface area contributed by atoms with Crippen LogP contribution in [0.15, 0.2) is 85.1 Å². The fourth-order valence-corrected chi connectivity index (χ4v) is 6.02. The maximum Gasteiger partial charge on any atom is 0.348 e. The number of hydrogen-bond acceptors (Lipinski definition) is 5. The lowest BCUT2D eigenvalue weighted by molar-refractivity contribution is -0.946. The number of quaternary nitrogens is 1. The van der Waals surface area contributed by atoms with Crippen molar-refractivity contribution in [2.45, 2.75) is 37.4 Å². The van der Waals surface area contributed by atoms with Crippen LogP contribution in [-0.2, 0) is 26.3 Å². The third kappa shape index (κ3) is 5.64. The Morgan fingerprint density at radius 3 is 2.18 bits per heavy atom. The minimum absolute atomic E-state index is 0.0195. The molecule has 7 heteroatoms. The third-order valence-corrected chi connectivity index (χ3v) is 8.18. The molecule has 3 aromatic rings. The van der Waals surface area contributed by atoms with Crippen molar-refractivity contribution in [1.29, 1.82) is 0 Å². The molecule has 38 heavy (non-hydrogen) atoms. The van der Waals surface area contributed by atoms with Crippen LogP contribution in [0.2, 0.25) is 0 Å². The summed E-state index contributed by atoms with van der Waals surface area (Å²) in [6.45, 7) is 4.40. The van der Waals surface area contributed by atoms with E-state index in [1.54, 1.807) is 30.5 Å². The van der Waals surface area contributed by atoms with Crippen molar-refractivity contribution >= 4 is 11.9 Å². The van der Waals surface area contributed by atoms with Crippen molar-refractivity contribution < 1.29 is 23.9 Å². The quantitative estimate of drug-likeness (QED) is 0.246. The van der Waals surface area contributed by atoms with E-state index in [1.165, 1.54) is 0 Å². The first-order valence-corrected chi connectivity index (χ1v) is 13.5. The van der Waals surface area contributed by atoms with E-state index in [4.69, 9.17) is 4.74 Å². The number of fused-ring (bicyclic) bond motifs is 3. The Morgan fingerprint density at radius 2 is 1.58 bits per heavy atom. The molecule has 7 nitrogen and oxygen atoms in total. The maximum atomic E-state index is 13.7. The summed E-state index contributed by atoms with van der Waals surface area (Å²) in [5, 5.41) is 14.8. The smallest absolute Gasteiger partial charge is 0.348 e. The Kier molecular flexibility index (Phi) is 7.86. The topological polar surface area (TPSA) is 88.5 Å². The lowest BCUT2D eigenvalue weighted by Crippen LogP contribution is -2.65. The number of nitrogens with one attached hydrogen (secondary N) is 1. The van der Waals surface area contributed by atoms with E-state index in [-0.39, 0.29) is 18.4 Å². The summed E-state index contributed by atoms with van der Waals surface area (Å²) in [4.78, 5) is 30.2. The molecule has 2 aromatic carbocycles. The number of benzene rings is 2. The molecule has 3 fully saturated rings. The largest absolute Gasteiger partial charge is 0.453 e. The maximum absolute atomic E-state index is 13.7. The predicted octanol–water partition coefficient (Wildman–Crippen LogP) is 3.22. The molecule has 6 rings (SSSR count). The van der Waals surface area contributed by atoms with Gasteiger partial charge in [0, 0.05) is 43.6 Å². The molecule has 0 saturated carbocycles. The Bertz CT molecular complexity index is 1170. The minimum atomic E-state index is -1.86. The number of carbonyl (C=O) groups excluding carboxylic acids is 2. The molecule has 0 spiro atoms. The number of amides is 1. The number of carbonyl (C=O) groups is 2. The second-order valence-corrected chi connectivity index (χ2v) is 10.6. The molecule has 0 radical (unpaired) electrons. The van der Waals surface area contributed by atoms with Crippen LogP contribution in [0.4, 0.5) is 0 Å². The first kappa shape index (κ1) is 26.1. The zero-order valence-electron chi connectivity index (χ0n) is 21.7. The highest BCUT2D eigenvalue weighted by Gasteiger charge is 2.50. The second-order valence-electron chi connectivity index (χ2n) is 10.6. The molecule has 198 valence electrons. The van der Waals surface area contributed by atoms with Gasteiger partial charge in [-0.3, -0.25) is 9.78 Å². The molecule has 3 saturated heterocycles. The first-order valence-electron chi connectivity index (χ1n) is 13.5. The van der Waals surface area contributed by atoms with Crippen molar-refractivity contribution in [3.05, 3.63) is 102 Å². The lowest BCUT2D eigenvalue weighted by Gasteiger charge is -2.52. The number of rotatable bonds is 10. The van der Waals surface area contributed by atoms with Gasteiger partial charge in [-0.1, -0.05) is 66.7 Å². The molecule has 3 aliphatic rings. The second kappa shape index (κ2) is 11.5. The third-order valence-electron chi connectivity index (χ3n) is 8.18. The number of ether oxygens (including phenoxy) is 1. The zero-order chi connectivity index (χ0) is 26.4. The summed E-state index contributed by atoms with van der Waals surface area (Å²) in [6, 6.07) is 23.6. The van der Waals surface area contributed by atoms with E-state index < -0.39 is 11.6 Å². The summed E-state index contributed by atoms with van der Waals surface area (Å²) < 4.78 is 7.04. The van der Waals surface area contributed by atoms with Crippen molar-refractivity contribution in [3.8, 4) is 0 Å². The summed E-state index contributed by atoms with van der Waals surface area (Å²) >= 11 is 0. The van der Waals surface area contributed by atoms with E-state index in [0.29, 0.717) is 23.6 Å². The number of aliphatic hydroxyl groups is 1. The molecule has 1 amide bonds. The molecule has 3 aliphatic heterocycles. The molecular weight excluding hydrogens is 478 g/mol. The summed E-state index contributed by atoms with van der Waals surface area (Å²) in [5.41, 5.74) is -0.0942. The van der Waals surface area contributed by atoms with Crippen LogP contribution in [0.25, 0.3) is 0 Å². The minimum Gasteiger partial charge on any atom is -0.453 e. The highest BCUT2D eigenvalue weighted by Crippen LogP contribution is 2.38. The number of nitrogens with zero attached hydrogens (tertiary/aromatic N) is 2. The normalized spacial score (nSPS) is 22.6. The van der Waals surface area contributed by atoms with Crippen LogP contribution < -0.4 is 5.32 Å². The van der Waals surface area contributed by atoms with Crippen molar-refractivity contribution in [2.24, 2.45) is 5.92 Å². The number of pyridine rings is 1. The van der Waals surface area contributed by atoms with Gasteiger partial charge in [0.1, 0.15) is 6.54 Å². The van der Waals surface area contributed by atoms with Crippen LogP contribution in [-0.4, -0.2) is 65.3 Å².